The van der Waals surface area contributed by atoms with Crippen molar-refractivity contribution in [2.24, 2.45) is 4.99 Å². The maximum atomic E-state index is 13.8. The summed E-state index contributed by atoms with van der Waals surface area (Å²) < 4.78 is 15.7. The molecule has 0 radical (unpaired) electrons. The normalized spacial score (nSPS) is 18.6. The summed E-state index contributed by atoms with van der Waals surface area (Å²) in [5, 5.41) is 1.87. The quantitative estimate of drug-likeness (QED) is 0.259. The number of halogens is 1. The van der Waals surface area contributed by atoms with Crippen molar-refractivity contribution in [3.8, 4) is 0 Å². The zero-order valence-electron chi connectivity index (χ0n) is 20.7. The molecule has 0 atom stereocenters. The van der Waals surface area contributed by atoms with E-state index in [2.05, 4.69) is 23.6 Å². The lowest BCUT2D eigenvalue weighted by molar-refractivity contribution is -0.123. The SMILES string of the molecule is Cc1c(/C=C2/SC(=Nc3ccccc3)N(C3CCCC3)C2=O)c2ccccc2n1Cc1ccc(F)cc1. The molecule has 0 bridgehead atoms. The van der Waals surface area contributed by atoms with Crippen LogP contribution in [-0.4, -0.2) is 26.6 Å². The van der Waals surface area contributed by atoms with E-state index in [0.717, 1.165) is 64.3 Å². The third-order valence-electron chi connectivity index (χ3n) is 7.32. The third-order valence-corrected chi connectivity index (χ3v) is 8.30. The number of carbonyl (C=O) groups is 1. The molecule has 1 aromatic heterocycles. The van der Waals surface area contributed by atoms with Crippen LogP contribution in [0.15, 0.2) is 88.8 Å². The summed E-state index contributed by atoms with van der Waals surface area (Å²) in [5.41, 5.74) is 5.10. The second-order valence-electron chi connectivity index (χ2n) is 9.68. The van der Waals surface area contributed by atoms with Crippen LogP contribution in [0.2, 0.25) is 0 Å². The van der Waals surface area contributed by atoms with Crippen LogP contribution in [-0.2, 0) is 11.3 Å². The summed E-state index contributed by atoms with van der Waals surface area (Å²) >= 11 is 1.47. The Morgan fingerprint density at radius 2 is 1.68 bits per heavy atom. The predicted molar refractivity (Wildman–Crippen MR) is 150 cm³/mol. The number of hydrogen-bond donors (Lipinski definition) is 0. The summed E-state index contributed by atoms with van der Waals surface area (Å²) in [7, 11) is 0. The molecule has 3 aromatic carbocycles. The maximum absolute atomic E-state index is 13.8. The number of aliphatic imine (C=N–C) groups is 1. The van der Waals surface area contributed by atoms with Gasteiger partial charge in [0.05, 0.1) is 10.6 Å². The van der Waals surface area contributed by atoms with Crippen LogP contribution in [0.1, 0.15) is 42.5 Å². The van der Waals surface area contributed by atoms with Gasteiger partial charge in [-0.25, -0.2) is 9.38 Å². The van der Waals surface area contributed by atoms with Gasteiger partial charge >= 0.3 is 0 Å². The number of thioether (sulfide) groups is 1. The minimum atomic E-state index is -0.236. The number of hydrogen-bond acceptors (Lipinski definition) is 3. The molecule has 2 fully saturated rings. The van der Waals surface area contributed by atoms with Crippen LogP contribution in [0.4, 0.5) is 10.1 Å². The van der Waals surface area contributed by atoms with Gasteiger partial charge in [-0.1, -0.05) is 61.4 Å². The minimum absolute atomic E-state index is 0.0429. The van der Waals surface area contributed by atoms with E-state index in [4.69, 9.17) is 4.99 Å². The topological polar surface area (TPSA) is 37.6 Å². The minimum Gasteiger partial charge on any atom is -0.340 e. The highest BCUT2D eigenvalue weighted by atomic mass is 32.2. The fraction of sp³-hybridized carbons (Fsp3) is 0.226. The van der Waals surface area contributed by atoms with Gasteiger partial charge in [-0.2, -0.15) is 0 Å². The molecule has 1 saturated carbocycles. The molecule has 6 heteroatoms. The fourth-order valence-electron chi connectivity index (χ4n) is 5.41. The first-order valence-corrected chi connectivity index (χ1v) is 13.6. The first kappa shape index (κ1) is 23.7. The van der Waals surface area contributed by atoms with E-state index < -0.39 is 0 Å². The van der Waals surface area contributed by atoms with Crippen molar-refractivity contribution in [1.29, 1.82) is 0 Å². The Morgan fingerprint density at radius 1 is 0.973 bits per heavy atom. The molecule has 37 heavy (non-hydrogen) atoms. The Labute approximate surface area is 220 Å². The van der Waals surface area contributed by atoms with Gasteiger partial charge in [0, 0.05) is 34.7 Å². The van der Waals surface area contributed by atoms with E-state index in [1.54, 1.807) is 0 Å². The Bertz CT molecular complexity index is 1520. The Morgan fingerprint density at radius 3 is 2.43 bits per heavy atom. The highest BCUT2D eigenvalue weighted by molar-refractivity contribution is 8.18. The van der Waals surface area contributed by atoms with Crippen molar-refractivity contribution in [2.75, 3.05) is 0 Å². The molecular weight excluding hydrogens is 481 g/mol. The number of amides is 1. The number of rotatable bonds is 5. The van der Waals surface area contributed by atoms with Gasteiger partial charge < -0.3 is 4.57 Å². The van der Waals surface area contributed by atoms with Gasteiger partial charge in [-0.05, 0) is 73.5 Å². The number of aromatic nitrogens is 1. The van der Waals surface area contributed by atoms with Gasteiger partial charge in [0.1, 0.15) is 5.82 Å². The number of carbonyl (C=O) groups excluding carboxylic acids is 1. The second-order valence-corrected chi connectivity index (χ2v) is 10.7. The average Bonchev–Trinajstić information content (AvgIpc) is 3.61. The lowest BCUT2D eigenvalue weighted by Gasteiger charge is -2.22. The molecule has 6 rings (SSSR count). The van der Waals surface area contributed by atoms with Crippen molar-refractivity contribution < 1.29 is 9.18 Å². The molecule has 4 aromatic rings. The molecule has 1 saturated heterocycles. The van der Waals surface area contributed by atoms with Crippen molar-refractivity contribution in [3.05, 3.63) is 106 Å². The molecule has 2 aliphatic rings. The van der Waals surface area contributed by atoms with Crippen LogP contribution >= 0.6 is 11.8 Å². The van der Waals surface area contributed by atoms with Crippen molar-refractivity contribution >= 4 is 45.5 Å². The van der Waals surface area contributed by atoms with Crippen molar-refractivity contribution in [1.82, 2.24) is 9.47 Å². The van der Waals surface area contributed by atoms with E-state index in [9.17, 15) is 9.18 Å². The molecule has 0 unspecified atom stereocenters. The van der Waals surface area contributed by atoms with E-state index in [1.165, 1.54) is 23.9 Å². The van der Waals surface area contributed by atoms with E-state index >= 15 is 0 Å². The number of benzene rings is 3. The van der Waals surface area contributed by atoms with Crippen LogP contribution in [0.5, 0.6) is 0 Å². The number of fused-ring (bicyclic) bond motifs is 1. The smallest absolute Gasteiger partial charge is 0.267 e. The Balaban J connectivity index is 1.42. The van der Waals surface area contributed by atoms with Crippen LogP contribution < -0.4 is 0 Å². The average molecular weight is 510 g/mol. The molecule has 186 valence electrons. The summed E-state index contributed by atoms with van der Waals surface area (Å²) in [5.74, 6) is -0.193. The van der Waals surface area contributed by atoms with Gasteiger partial charge in [-0.15, -0.1) is 0 Å². The number of nitrogens with zero attached hydrogens (tertiary/aromatic N) is 3. The summed E-state index contributed by atoms with van der Waals surface area (Å²) in [6.07, 6.45) is 6.37. The highest BCUT2D eigenvalue weighted by Gasteiger charge is 2.39. The van der Waals surface area contributed by atoms with E-state index in [1.807, 2.05) is 65.6 Å². The molecule has 0 N–H and O–H groups in total. The fourth-order valence-corrected chi connectivity index (χ4v) is 6.45. The lowest BCUT2D eigenvalue weighted by atomic mass is 10.1. The number of para-hydroxylation sites is 2. The standard InChI is InChI=1S/C31H28FN3OS/c1-21-27(26-13-7-8-14-28(26)34(21)20-22-15-17-23(32)18-16-22)19-29-30(36)35(25-11-5-6-12-25)31(37-29)33-24-9-3-2-4-10-24/h2-4,7-10,13-19,25H,5-6,11-12,20H2,1H3/b29-19+,33-31?. The predicted octanol–water partition coefficient (Wildman–Crippen LogP) is 7.68. The van der Waals surface area contributed by atoms with Crippen LogP contribution in [0.25, 0.3) is 17.0 Å². The zero-order chi connectivity index (χ0) is 25.4. The summed E-state index contributed by atoms with van der Waals surface area (Å²) in [6, 6.07) is 25.0. The largest absolute Gasteiger partial charge is 0.340 e. The molecule has 0 spiro atoms. The Hall–Kier alpha value is -3.64. The molecule has 1 amide bonds. The Kier molecular flexibility index (Phi) is 6.43. The van der Waals surface area contributed by atoms with Gasteiger partial charge in [-0.3, -0.25) is 9.69 Å². The molecular formula is C31H28FN3OS. The number of amidine groups is 1. The first-order chi connectivity index (χ1) is 18.1. The molecule has 1 aliphatic heterocycles. The van der Waals surface area contributed by atoms with Crippen LogP contribution in [0, 0.1) is 12.7 Å². The van der Waals surface area contributed by atoms with Crippen molar-refractivity contribution in [3.63, 3.8) is 0 Å². The van der Waals surface area contributed by atoms with Gasteiger partial charge in [0.2, 0.25) is 0 Å². The lowest BCUT2D eigenvalue weighted by Crippen LogP contribution is -2.37. The zero-order valence-corrected chi connectivity index (χ0v) is 21.5. The molecule has 1 aliphatic carbocycles. The summed E-state index contributed by atoms with van der Waals surface area (Å²) in [4.78, 5) is 21.3. The first-order valence-electron chi connectivity index (χ1n) is 12.8. The molecule has 4 nitrogen and oxygen atoms in total. The summed E-state index contributed by atoms with van der Waals surface area (Å²) in [6.45, 7) is 2.72. The van der Waals surface area contributed by atoms with E-state index in [-0.39, 0.29) is 17.8 Å². The van der Waals surface area contributed by atoms with Gasteiger partial charge in [0.15, 0.2) is 5.17 Å². The van der Waals surface area contributed by atoms with Crippen LogP contribution in [0.3, 0.4) is 0 Å². The maximum Gasteiger partial charge on any atom is 0.267 e. The van der Waals surface area contributed by atoms with Crippen molar-refractivity contribution in [2.45, 2.75) is 45.2 Å². The third kappa shape index (κ3) is 4.62. The molecule has 2 heterocycles. The highest BCUT2D eigenvalue weighted by Crippen LogP contribution is 2.40. The monoisotopic (exact) mass is 509 g/mol. The van der Waals surface area contributed by atoms with Gasteiger partial charge in [0.25, 0.3) is 5.91 Å². The van der Waals surface area contributed by atoms with E-state index in [0.29, 0.717) is 11.4 Å². The second kappa shape index (κ2) is 10.0.